The molecular weight excluding hydrogens is 356 g/mol. The fourth-order valence-electron chi connectivity index (χ4n) is 3.89. The SMILES string of the molecule is Cc1ncc(C(=O)N2CCc3nc(N)c(C(=O)N4CCCC4)cc3C2)c(C)n1. The van der Waals surface area contributed by atoms with Crippen LogP contribution in [-0.2, 0) is 13.0 Å². The van der Waals surface area contributed by atoms with Crippen molar-refractivity contribution in [2.75, 3.05) is 25.4 Å². The molecule has 2 N–H and O–H groups in total. The van der Waals surface area contributed by atoms with Crippen molar-refractivity contribution >= 4 is 17.6 Å². The van der Waals surface area contributed by atoms with E-state index in [9.17, 15) is 9.59 Å². The Morgan fingerprint density at radius 1 is 1.00 bits per heavy atom. The molecule has 8 heteroatoms. The van der Waals surface area contributed by atoms with Crippen molar-refractivity contribution < 1.29 is 9.59 Å². The summed E-state index contributed by atoms with van der Waals surface area (Å²) in [5, 5.41) is 0. The lowest BCUT2D eigenvalue weighted by atomic mass is 10.0. The smallest absolute Gasteiger partial charge is 0.257 e. The number of carbonyl (C=O) groups is 2. The molecule has 0 spiro atoms. The van der Waals surface area contributed by atoms with Gasteiger partial charge in [0.15, 0.2) is 0 Å². The summed E-state index contributed by atoms with van der Waals surface area (Å²) < 4.78 is 0. The Balaban J connectivity index is 1.59. The van der Waals surface area contributed by atoms with Crippen molar-refractivity contribution in [1.82, 2.24) is 24.8 Å². The normalized spacial score (nSPS) is 16.2. The minimum Gasteiger partial charge on any atom is -0.383 e. The molecule has 4 rings (SSSR count). The number of amides is 2. The summed E-state index contributed by atoms with van der Waals surface area (Å²) in [6.45, 7) is 6.07. The fourth-order valence-corrected chi connectivity index (χ4v) is 3.89. The van der Waals surface area contributed by atoms with Crippen LogP contribution in [0.2, 0.25) is 0 Å². The van der Waals surface area contributed by atoms with Gasteiger partial charge < -0.3 is 15.5 Å². The minimum absolute atomic E-state index is 0.0727. The van der Waals surface area contributed by atoms with Gasteiger partial charge >= 0.3 is 0 Å². The molecule has 0 aromatic carbocycles. The molecule has 2 aromatic heterocycles. The predicted octanol–water partition coefficient (Wildman–Crippen LogP) is 1.51. The number of aromatic nitrogens is 3. The zero-order valence-electron chi connectivity index (χ0n) is 16.2. The van der Waals surface area contributed by atoms with Crippen molar-refractivity contribution in [1.29, 1.82) is 0 Å². The average Bonchev–Trinajstić information content (AvgIpc) is 3.21. The standard InChI is InChI=1S/C20H24N6O2/c1-12-16(10-22-13(2)23-12)20(28)26-8-5-17-14(11-26)9-15(18(21)24-17)19(27)25-6-3-4-7-25/h9-10H,3-8,11H2,1-2H3,(H2,21,24). The number of anilines is 1. The first kappa shape index (κ1) is 18.3. The van der Waals surface area contributed by atoms with E-state index in [1.807, 2.05) is 17.9 Å². The molecule has 2 amide bonds. The molecule has 8 nitrogen and oxygen atoms in total. The molecule has 28 heavy (non-hydrogen) atoms. The molecule has 0 aliphatic carbocycles. The molecule has 4 heterocycles. The van der Waals surface area contributed by atoms with Gasteiger partial charge in [-0.1, -0.05) is 0 Å². The van der Waals surface area contributed by atoms with Crippen molar-refractivity contribution in [3.8, 4) is 0 Å². The lowest BCUT2D eigenvalue weighted by molar-refractivity contribution is 0.0732. The van der Waals surface area contributed by atoms with E-state index in [-0.39, 0.29) is 17.6 Å². The third kappa shape index (κ3) is 3.30. The maximum Gasteiger partial charge on any atom is 0.257 e. The number of aryl methyl sites for hydroxylation is 2. The highest BCUT2D eigenvalue weighted by Gasteiger charge is 2.28. The van der Waals surface area contributed by atoms with E-state index in [0.717, 1.165) is 37.2 Å². The summed E-state index contributed by atoms with van der Waals surface area (Å²) in [5.74, 6) is 0.741. The minimum atomic E-state index is -0.104. The van der Waals surface area contributed by atoms with E-state index >= 15 is 0 Å². The van der Waals surface area contributed by atoms with Gasteiger partial charge in [-0.15, -0.1) is 0 Å². The summed E-state index contributed by atoms with van der Waals surface area (Å²) in [5.41, 5.74) is 9.42. The number of likely N-dealkylation sites (tertiary alicyclic amines) is 1. The molecule has 0 atom stereocenters. The number of hydrogen-bond donors (Lipinski definition) is 1. The van der Waals surface area contributed by atoms with Gasteiger partial charge in [0.05, 0.1) is 16.8 Å². The maximum atomic E-state index is 13.0. The van der Waals surface area contributed by atoms with Gasteiger partial charge in [-0.25, -0.2) is 15.0 Å². The quantitative estimate of drug-likeness (QED) is 0.846. The van der Waals surface area contributed by atoms with E-state index in [2.05, 4.69) is 15.0 Å². The van der Waals surface area contributed by atoms with Crippen molar-refractivity contribution in [3.63, 3.8) is 0 Å². The summed E-state index contributed by atoms with van der Waals surface area (Å²) in [7, 11) is 0. The highest BCUT2D eigenvalue weighted by atomic mass is 16.2. The van der Waals surface area contributed by atoms with Crippen LogP contribution in [0.4, 0.5) is 5.82 Å². The summed E-state index contributed by atoms with van der Waals surface area (Å²) >= 11 is 0. The first-order chi connectivity index (χ1) is 13.4. The van der Waals surface area contributed by atoms with Gasteiger partial charge in [0, 0.05) is 44.5 Å². The van der Waals surface area contributed by atoms with E-state index in [1.54, 1.807) is 18.0 Å². The Morgan fingerprint density at radius 3 is 2.43 bits per heavy atom. The molecule has 1 saturated heterocycles. The molecule has 2 aromatic rings. The zero-order chi connectivity index (χ0) is 19.8. The first-order valence-corrected chi connectivity index (χ1v) is 9.61. The lowest BCUT2D eigenvalue weighted by Gasteiger charge is -2.29. The highest BCUT2D eigenvalue weighted by Crippen LogP contribution is 2.25. The summed E-state index contributed by atoms with van der Waals surface area (Å²) in [6, 6.07) is 1.82. The van der Waals surface area contributed by atoms with Gasteiger partial charge in [0.1, 0.15) is 11.6 Å². The first-order valence-electron chi connectivity index (χ1n) is 9.61. The maximum absolute atomic E-state index is 13.0. The van der Waals surface area contributed by atoms with Crippen molar-refractivity contribution in [2.24, 2.45) is 0 Å². The molecular formula is C20H24N6O2. The van der Waals surface area contributed by atoms with Crippen LogP contribution in [0, 0.1) is 13.8 Å². The second-order valence-corrected chi connectivity index (χ2v) is 7.42. The van der Waals surface area contributed by atoms with Gasteiger partial charge in [-0.3, -0.25) is 9.59 Å². The number of nitrogen functional groups attached to an aromatic ring is 1. The highest BCUT2D eigenvalue weighted by molar-refractivity contribution is 5.99. The van der Waals surface area contributed by atoms with Crippen LogP contribution < -0.4 is 5.73 Å². The van der Waals surface area contributed by atoms with Crippen LogP contribution in [0.5, 0.6) is 0 Å². The number of hydrogen-bond acceptors (Lipinski definition) is 6. The van der Waals surface area contributed by atoms with Gasteiger partial charge in [0.2, 0.25) is 0 Å². The molecule has 0 radical (unpaired) electrons. The van der Waals surface area contributed by atoms with E-state index in [1.165, 1.54) is 0 Å². The van der Waals surface area contributed by atoms with E-state index in [0.29, 0.717) is 42.2 Å². The van der Waals surface area contributed by atoms with Crippen LogP contribution in [0.3, 0.4) is 0 Å². The number of nitrogens with zero attached hydrogens (tertiary/aromatic N) is 5. The Kier molecular flexibility index (Phi) is 4.70. The van der Waals surface area contributed by atoms with Crippen LogP contribution in [0.1, 0.15) is 56.3 Å². The molecule has 0 unspecified atom stereocenters. The summed E-state index contributed by atoms with van der Waals surface area (Å²) in [4.78, 5) is 42.2. The van der Waals surface area contributed by atoms with Gasteiger partial charge in [-0.2, -0.15) is 0 Å². The van der Waals surface area contributed by atoms with Gasteiger partial charge in [0.25, 0.3) is 11.8 Å². The Morgan fingerprint density at radius 2 is 1.71 bits per heavy atom. The molecule has 2 aliphatic rings. The monoisotopic (exact) mass is 380 g/mol. The zero-order valence-corrected chi connectivity index (χ0v) is 16.2. The van der Waals surface area contributed by atoms with Crippen LogP contribution in [0.25, 0.3) is 0 Å². The van der Waals surface area contributed by atoms with Crippen LogP contribution >= 0.6 is 0 Å². The number of nitrogens with two attached hydrogens (primary N) is 1. The Hall–Kier alpha value is -3.03. The third-order valence-corrected chi connectivity index (χ3v) is 5.44. The number of pyridine rings is 1. The number of fused-ring (bicyclic) bond motifs is 1. The largest absolute Gasteiger partial charge is 0.383 e. The second-order valence-electron chi connectivity index (χ2n) is 7.42. The molecule has 1 fully saturated rings. The van der Waals surface area contributed by atoms with Crippen LogP contribution in [-0.4, -0.2) is 56.2 Å². The Bertz CT molecular complexity index is 952. The van der Waals surface area contributed by atoms with Gasteiger partial charge in [-0.05, 0) is 38.3 Å². The molecule has 0 bridgehead atoms. The topological polar surface area (TPSA) is 105 Å². The molecule has 146 valence electrons. The third-order valence-electron chi connectivity index (χ3n) is 5.44. The van der Waals surface area contributed by atoms with Crippen molar-refractivity contribution in [3.05, 3.63) is 46.2 Å². The molecule has 2 aliphatic heterocycles. The van der Waals surface area contributed by atoms with Crippen molar-refractivity contribution in [2.45, 2.75) is 39.7 Å². The predicted molar refractivity (Wildman–Crippen MR) is 104 cm³/mol. The van der Waals surface area contributed by atoms with E-state index < -0.39 is 0 Å². The second kappa shape index (κ2) is 7.18. The number of carbonyl (C=O) groups excluding carboxylic acids is 2. The average molecular weight is 380 g/mol. The Labute approximate surface area is 163 Å². The van der Waals surface area contributed by atoms with E-state index in [4.69, 9.17) is 5.73 Å². The molecule has 0 saturated carbocycles. The number of rotatable bonds is 2. The lowest BCUT2D eigenvalue weighted by Crippen LogP contribution is -2.37. The fraction of sp³-hybridized carbons (Fsp3) is 0.450. The summed E-state index contributed by atoms with van der Waals surface area (Å²) in [6.07, 6.45) is 4.23. The van der Waals surface area contributed by atoms with Crippen LogP contribution in [0.15, 0.2) is 12.3 Å².